The molecule has 0 aliphatic carbocycles. The number of pyridine rings is 1. The highest BCUT2D eigenvalue weighted by Crippen LogP contribution is 2.28. The van der Waals surface area contributed by atoms with Crippen LogP contribution in [0.15, 0.2) is 30.6 Å². The second kappa shape index (κ2) is 7.28. The predicted molar refractivity (Wildman–Crippen MR) is 98.0 cm³/mol. The molecule has 25 heavy (non-hydrogen) atoms. The number of hydrogen-bond donors (Lipinski definition) is 2. The van der Waals surface area contributed by atoms with Gasteiger partial charge in [0.05, 0.1) is 6.54 Å². The molecule has 1 aliphatic rings. The van der Waals surface area contributed by atoms with Crippen molar-refractivity contribution >= 4 is 22.3 Å². The summed E-state index contributed by atoms with van der Waals surface area (Å²) in [4.78, 5) is 14.8. The average molecular weight is 355 g/mol. The molecule has 0 radical (unpaired) electrons. The normalized spacial score (nSPS) is 18.4. The summed E-state index contributed by atoms with van der Waals surface area (Å²) in [5.41, 5.74) is 1.13. The van der Waals surface area contributed by atoms with E-state index in [-0.39, 0.29) is 0 Å². The van der Waals surface area contributed by atoms with Crippen molar-refractivity contribution < 1.29 is 0 Å². The molecule has 1 atom stereocenters. The van der Waals surface area contributed by atoms with E-state index in [0.717, 1.165) is 47.1 Å². The fourth-order valence-corrected chi connectivity index (χ4v) is 3.84. The van der Waals surface area contributed by atoms with Gasteiger partial charge in [-0.2, -0.15) is 0 Å². The van der Waals surface area contributed by atoms with Crippen molar-refractivity contribution in [1.29, 1.82) is 0 Å². The fraction of sp³-hybridized carbons (Fsp3) is 0.412. The van der Waals surface area contributed by atoms with Crippen molar-refractivity contribution in [2.24, 2.45) is 0 Å². The van der Waals surface area contributed by atoms with Crippen molar-refractivity contribution in [2.75, 3.05) is 18.4 Å². The van der Waals surface area contributed by atoms with Gasteiger partial charge in [0.2, 0.25) is 5.13 Å². The van der Waals surface area contributed by atoms with Crippen LogP contribution in [0.25, 0.3) is 0 Å². The third-order valence-corrected chi connectivity index (χ3v) is 5.14. The third kappa shape index (κ3) is 4.02. The van der Waals surface area contributed by atoms with E-state index >= 15 is 0 Å². The van der Waals surface area contributed by atoms with Gasteiger partial charge in [0.15, 0.2) is 0 Å². The first kappa shape index (κ1) is 16.2. The van der Waals surface area contributed by atoms with Crippen LogP contribution >= 0.6 is 11.3 Å². The number of hydrogen-bond acceptors (Lipinski definition) is 7. The van der Waals surface area contributed by atoms with Crippen molar-refractivity contribution in [1.82, 2.24) is 30.0 Å². The first-order valence-corrected chi connectivity index (χ1v) is 9.32. The zero-order valence-corrected chi connectivity index (χ0v) is 15.0. The minimum atomic E-state index is 0.446. The van der Waals surface area contributed by atoms with Crippen LogP contribution in [0.5, 0.6) is 0 Å². The van der Waals surface area contributed by atoms with Gasteiger partial charge in [-0.3, -0.25) is 4.90 Å². The third-order valence-electron chi connectivity index (χ3n) is 4.38. The molecular weight excluding hydrogens is 334 g/mol. The van der Waals surface area contributed by atoms with E-state index in [0.29, 0.717) is 5.92 Å². The molecule has 4 rings (SSSR count). The van der Waals surface area contributed by atoms with Crippen LogP contribution in [0, 0.1) is 6.92 Å². The molecule has 4 heterocycles. The summed E-state index contributed by atoms with van der Waals surface area (Å²) in [6.45, 7) is 4.93. The van der Waals surface area contributed by atoms with Gasteiger partial charge >= 0.3 is 0 Å². The molecule has 0 amide bonds. The van der Waals surface area contributed by atoms with E-state index in [1.54, 1.807) is 0 Å². The lowest BCUT2D eigenvalue weighted by Crippen LogP contribution is -2.34. The predicted octanol–water partition coefficient (Wildman–Crippen LogP) is 3.09. The highest BCUT2D eigenvalue weighted by Gasteiger charge is 2.23. The Kier molecular flexibility index (Phi) is 4.71. The minimum absolute atomic E-state index is 0.446. The van der Waals surface area contributed by atoms with Crippen molar-refractivity contribution in [3.63, 3.8) is 0 Å². The molecule has 7 nitrogen and oxygen atoms in total. The van der Waals surface area contributed by atoms with E-state index in [9.17, 15) is 0 Å². The Hall–Kier alpha value is -2.32. The van der Waals surface area contributed by atoms with Gasteiger partial charge in [-0.15, -0.1) is 10.2 Å². The van der Waals surface area contributed by atoms with Gasteiger partial charge in [-0.05, 0) is 38.4 Å². The van der Waals surface area contributed by atoms with Crippen molar-refractivity contribution in [3.8, 4) is 0 Å². The SMILES string of the molecule is Cc1nnc(Nc2cccc([C@@H]3CCCN(Cc4ncc[nH]4)C3)n2)s1. The zero-order valence-electron chi connectivity index (χ0n) is 14.1. The highest BCUT2D eigenvalue weighted by molar-refractivity contribution is 7.15. The van der Waals surface area contributed by atoms with Gasteiger partial charge in [0.25, 0.3) is 0 Å². The van der Waals surface area contributed by atoms with Gasteiger partial charge in [-0.1, -0.05) is 17.4 Å². The molecule has 0 unspecified atom stereocenters. The quantitative estimate of drug-likeness (QED) is 0.732. The van der Waals surface area contributed by atoms with Gasteiger partial charge in [0.1, 0.15) is 16.6 Å². The molecule has 0 spiro atoms. The topological polar surface area (TPSA) is 82.6 Å². The van der Waals surface area contributed by atoms with Crippen LogP contribution in [0.1, 0.15) is 35.3 Å². The summed E-state index contributed by atoms with van der Waals surface area (Å²) in [5, 5.41) is 13.1. The lowest BCUT2D eigenvalue weighted by molar-refractivity contribution is 0.194. The van der Waals surface area contributed by atoms with Crippen LogP contribution in [-0.4, -0.2) is 43.1 Å². The first-order chi connectivity index (χ1) is 12.3. The van der Waals surface area contributed by atoms with Crippen LogP contribution in [0.4, 0.5) is 10.9 Å². The number of imidazole rings is 1. The van der Waals surface area contributed by atoms with Crippen LogP contribution in [0.3, 0.4) is 0 Å². The molecule has 1 fully saturated rings. The maximum atomic E-state index is 4.81. The number of rotatable bonds is 5. The Balaban J connectivity index is 1.44. The standard InChI is InChI=1S/C17H21N7S/c1-12-22-23-17(25-12)21-15-6-2-5-14(20-15)13-4-3-9-24(10-13)11-16-18-7-8-19-16/h2,5-8,13H,3-4,9-11H2,1H3,(H,18,19)(H,20,21,23)/t13-/m1/s1. The molecule has 0 aromatic carbocycles. The first-order valence-electron chi connectivity index (χ1n) is 8.51. The van der Waals surface area contributed by atoms with Gasteiger partial charge in [-0.25, -0.2) is 9.97 Å². The summed E-state index contributed by atoms with van der Waals surface area (Å²) in [6.07, 6.45) is 6.04. The number of aromatic nitrogens is 5. The lowest BCUT2D eigenvalue weighted by Gasteiger charge is -2.32. The monoisotopic (exact) mass is 355 g/mol. The Labute approximate surface area is 150 Å². The van der Waals surface area contributed by atoms with Crippen LogP contribution in [-0.2, 0) is 6.54 Å². The Morgan fingerprint density at radius 3 is 3.12 bits per heavy atom. The summed E-state index contributed by atoms with van der Waals surface area (Å²) in [5.74, 6) is 2.30. The molecule has 0 bridgehead atoms. The molecule has 0 saturated carbocycles. The van der Waals surface area contributed by atoms with Crippen molar-refractivity contribution in [3.05, 3.63) is 47.1 Å². The number of likely N-dealkylation sites (tertiary alicyclic amines) is 1. The molecule has 2 N–H and O–H groups in total. The second-order valence-electron chi connectivity index (χ2n) is 6.31. The minimum Gasteiger partial charge on any atom is -0.348 e. The molecule has 3 aromatic rings. The molecule has 130 valence electrons. The number of nitrogens with one attached hydrogen (secondary N) is 2. The molecule has 1 aliphatic heterocycles. The second-order valence-corrected chi connectivity index (χ2v) is 7.49. The summed E-state index contributed by atoms with van der Waals surface area (Å²) < 4.78 is 0. The van der Waals surface area contributed by atoms with Crippen molar-refractivity contribution in [2.45, 2.75) is 32.2 Å². The summed E-state index contributed by atoms with van der Waals surface area (Å²) >= 11 is 1.53. The lowest BCUT2D eigenvalue weighted by atomic mass is 9.94. The number of H-pyrrole nitrogens is 1. The maximum Gasteiger partial charge on any atom is 0.211 e. The smallest absolute Gasteiger partial charge is 0.211 e. The van der Waals surface area contributed by atoms with Gasteiger partial charge in [0, 0.05) is 30.6 Å². The van der Waals surface area contributed by atoms with E-state index in [2.05, 4.69) is 42.5 Å². The van der Waals surface area contributed by atoms with E-state index in [4.69, 9.17) is 4.98 Å². The Bertz CT molecular complexity index is 814. The number of anilines is 2. The number of nitrogens with zero attached hydrogens (tertiary/aromatic N) is 5. The summed E-state index contributed by atoms with van der Waals surface area (Å²) in [6, 6.07) is 6.16. The van der Waals surface area contributed by atoms with Crippen LogP contribution < -0.4 is 5.32 Å². The fourth-order valence-electron chi connectivity index (χ4n) is 3.24. The Morgan fingerprint density at radius 1 is 1.36 bits per heavy atom. The van der Waals surface area contributed by atoms with Crippen LogP contribution in [0.2, 0.25) is 0 Å². The maximum absolute atomic E-state index is 4.81. The Morgan fingerprint density at radius 2 is 2.32 bits per heavy atom. The van der Waals surface area contributed by atoms with Gasteiger partial charge < -0.3 is 10.3 Å². The van der Waals surface area contributed by atoms with E-state index in [1.807, 2.05) is 25.4 Å². The zero-order chi connectivity index (χ0) is 17.1. The largest absolute Gasteiger partial charge is 0.348 e. The molecule has 1 saturated heterocycles. The molecular formula is C17H21N7S. The number of piperidine rings is 1. The summed E-state index contributed by atoms with van der Waals surface area (Å²) in [7, 11) is 0. The average Bonchev–Trinajstić information content (AvgIpc) is 3.27. The van der Waals surface area contributed by atoms with E-state index < -0.39 is 0 Å². The molecule has 8 heteroatoms. The molecule has 3 aromatic heterocycles. The number of aryl methyl sites for hydroxylation is 1. The highest BCUT2D eigenvalue weighted by atomic mass is 32.1. The number of aromatic amines is 1. The van der Waals surface area contributed by atoms with E-state index in [1.165, 1.54) is 24.2 Å².